The predicted octanol–water partition coefficient (Wildman–Crippen LogP) is 3.48. The van der Waals surface area contributed by atoms with Crippen LogP contribution < -0.4 is 16.0 Å². The van der Waals surface area contributed by atoms with Crippen molar-refractivity contribution < 1.29 is 9.59 Å². The molecule has 0 aromatic heterocycles. The van der Waals surface area contributed by atoms with E-state index in [0.29, 0.717) is 10.7 Å². The van der Waals surface area contributed by atoms with Crippen LogP contribution in [0.25, 0.3) is 0 Å². The molecule has 1 aromatic rings. The van der Waals surface area contributed by atoms with Gasteiger partial charge in [-0.15, -0.1) is 0 Å². The highest BCUT2D eigenvalue weighted by atomic mass is 35.5. The maximum absolute atomic E-state index is 12.2. The van der Waals surface area contributed by atoms with E-state index in [2.05, 4.69) is 43.6 Å². The third-order valence-corrected chi connectivity index (χ3v) is 4.51. The van der Waals surface area contributed by atoms with E-state index in [1.165, 1.54) is 0 Å². The maximum atomic E-state index is 12.2. The molecule has 5 nitrogen and oxygen atoms in total. The zero-order valence-corrected chi connectivity index (χ0v) is 16.2. The molecule has 25 heavy (non-hydrogen) atoms. The standard InChI is InChI=1S/C19H28ClN3O2/c1-18(2)11-15(12-19(3,4)23-18)22-17(25)10-9-16(24)21-14-7-5-13(20)6-8-14/h5-8,15,23H,9-12H2,1-4H3,(H,21,24)(H,22,25). The molecule has 6 heteroatoms. The monoisotopic (exact) mass is 365 g/mol. The van der Waals surface area contributed by atoms with Crippen LogP contribution in [0.15, 0.2) is 24.3 Å². The number of halogens is 1. The molecular weight excluding hydrogens is 338 g/mol. The van der Waals surface area contributed by atoms with E-state index in [1.807, 2.05) is 0 Å². The van der Waals surface area contributed by atoms with E-state index in [9.17, 15) is 9.59 Å². The number of benzene rings is 1. The lowest BCUT2D eigenvalue weighted by Crippen LogP contribution is -2.62. The smallest absolute Gasteiger partial charge is 0.224 e. The zero-order valence-electron chi connectivity index (χ0n) is 15.4. The fourth-order valence-corrected chi connectivity index (χ4v) is 3.83. The van der Waals surface area contributed by atoms with Crippen LogP contribution in [0, 0.1) is 0 Å². The molecule has 1 aromatic carbocycles. The first kappa shape index (κ1) is 19.7. The second-order valence-corrected chi connectivity index (χ2v) is 8.56. The molecule has 2 rings (SSSR count). The average Bonchev–Trinajstić information content (AvgIpc) is 2.44. The third-order valence-electron chi connectivity index (χ3n) is 4.26. The molecule has 0 radical (unpaired) electrons. The Morgan fingerprint density at radius 2 is 1.56 bits per heavy atom. The SMILES string of the molecule is CC1(C)CC(NC(=O)CCC(=O)Nc2ccc(Cl)cc2)CC(C)(C)N1. The normalized spacial score (nSPS) is 19.2. The molecule has 0 aliphatic carbocycles. The molecule has 1 aliphatic rings. The Balaban J connectivity index is 1.78. The molecule has 1 fully saturated rings. The fourth-order valence-electron chi connectivity index (χ4n) is 3.71. The van der Waals surface area contributed by atoms with E-state index >= 15 is 0 Å². The van der Waals surface area contributed by atoms with Gasteiger partial charge in [0.1, 0.15) is 0 Å². The summed E-state index contributed by atoms with van der Waals surface area (Å²) in [5, 5.41) is 10.1. The van der Waals surface area contributed by atoms with Gasteiger partial charge in [-0.25, -0.2) is 0 Å². The summed E-state index contributed by atoms with van der Waals surface area (Å²) in [5.41, 5.74) is 0.633. The van der Waals surface area contributed by atoms with Gasteiger partial charge in [-0.05, 0) is 64.8 Å². The van der Waals surface area contributed by atoms with E-state index < -0.39 is 0 Å². The van der Waals surface area contributed by atoms with Crippen LogP contribution in [0.2, 0.25) is 5.02 Å². The van der Waals surface area contributed by atoms with Gasteiger partial charge in [-0.1, -0.05) is 11.6 Å². The van der Waals surface area contributed by atoms with Crippen molar-refractivity contribution in [3.63, 3.8) is 0 Å². The second-order valence-electron chi connectivity index (χ2n) is 8.12. The molecule has 1 heterocycles. The van der Waals surface area contributed by atoms with Crippen molar-refractivity contribution in [1.29, 1.82) is 0 Å². The van der Waals surface area contributed by atoms with Crippen LogP contribution in [0.4, 0.5) is 5.69 Å². The van der Waals surface area contributed by atoms with E-state index in [4.69, 9.17) is 11.6 Å². The largest absolute Gasteiger partial charge is 0.353 e. The number of nitrogens with one attached hydrogen (secondary N) is 3. The Labute approximate surface area is 154 Å². The fraction of sp³-hybridized carbons (Fsp3) is 0.579. The minimum atomic E-state index is -0.177. The highest BCUT2D eigenvalue weighted by molar-refractivity contribution is 6.30. The van der Waals surface area contributed by atoms with Crippen LogP contribution in [-0.2, 0) is 9.59 Å². The van der Waals surface area contributed by atoms with E-state index in [1.54, 1.807) is 24.3 Å². The number of carbonyl (C=O) groups excluding carboxylic acids is 2. The van der Waals surface area contributed by atoms with Crippen LogP contribution in [0.1, 0.15) is 53.4 Å². The summed E-state index contributed by atoms with van der Waals surface area (Å²) >= 11 is 5.81. The highest BCUT2D eigenvalue weighted by Crippen LogP contribution is 2.28. The van der Waals surface area contributed by atoms with E-state index in [0.717, 1.165) is 12.8 Å². The lowest BCUT2D eigenvalue weighted by molar-refractivity contribution is -0.125. The van der Waals surface area contributed by atoms with Crippen molar-refractivity contribution in [3.8, 4) is 0 Å². The summed E-state index contributed by atoms with van der Waals surface area (Å²) in [6, 6.07) is 7.02. The lowest BCUT2D eigenvalue weighted by Gasteiger charge is -2.46. The summed E-state index contributed by atoms with van der Waals surface area (Å²) in [5.74, 6) is -0.256. The van der Waals surface area contributed by atoms with Crippen LogP contribution in [0.5, 0.6) is 0 Å². The van der Waals surface area contributed by atoms with Crippen molar-refractivity contribution in [2.75, 3.05) is 5.32 Å². The predicted molar refractivity (Wildman–Crippen MR) is 102 cm³/mol. The van der Waals surface area contributed by atoms with Gasteiger partial charge >= 0.3 is 0 Å². The minimum Gasteiger partial charge on any atom is -0.353 e. The molecule has 2 amide bonds. The first-order valence-corrected chi connectivity index (χ1v) is 9.07. The molecule has 0 unspecified atom stereocenters. The number of hydrogen-bond donors (Lipinski definition) is 3. The number of rotatable bonds is 5. The van der Waals surface area contributed by atoms with Crippen LogP contribution in [-0.4, -0.2) is 28.9 Å². The molecule has 0 saturated carbocycles. The van der Waals surface area contributed by atoms with Gasteiger partial charge in [0, 0.05) is 40.7 Å². The summed E-state index contributed by atoms with van der Waals surface area (Å²) in [4.78, 5) is 24.2. The summed E-state index contributed by atoms with van der Waals surface area (Å²) in [6.45, 7) is 8.58. The summed E-state index contributed by atoms with van der Waals surface area (Å²) in [6.07, 6.45) is 2.09. The van der Waals surface area contributed by atoms with Crippen molar-refractivity contribution >= 4 is 29.1 Å². The lowest BCUT2D eigenvalue weighted by atomic mass is 9.79. The third kappa shape index (κ3) is 6.67. The molecule has 1 saturated heterocycles. The summed E-state index contributed by atoms with van der Waals surface area (Å²) in [7, 11) is 0. The van der Waals surface area contributed by atoms with Crippen LogP contribution in [0.3, 0.4) is 0 Å². The number of amides is 2. The van der Waals surface area contributed by atoms with Gasteiger partial charge in [0.2, 0.25) is 11.8 Å². The first-order chi connectivity index (χ1) is 11.5. The van der Waals surface area contributed by atoms with Crippen LogP contribution >= 0.6 is 11.6 Å². The molecule has 1 aliphatic heterocycles. The van der Waals surface area contributed by atoms with Crippen molar-refractivity contribution in [2.24, 2.45) is 0 Å². The Morgan fingerprint density at radius 1 is 1.04 bits per heavy atom. The molecule has 0 spiro atoms. The maximum Gasteiger partial charge on any atom is 0.224 e. The number of piperidine rings is 1. The highest BCUT2D eigenvalue weighted by Gasteiger charge is 2.38. The average molecular weight is 366 g/mol. The summed E-state index contributed by atoms with van der Waals surface area (Å²) < 4.78 is 0. The Morgan fingerprint density at radius 3 is 2.12 bits per heavy atom. The van der Waals surface area contributed by atoms with Gasteiger partial charge in [-0.2, -0.15) is 0 Å². The molecule has 138 valence electrons. The second kappa shape index (κ2) is 7.75. The van der Waals surface area contributed by atoms with Gasteiger partial charge in [0.15, 0.2) is 0 Å². The number of carbonyl (C=O) groups is 2. The number of anilines is 1. The molecule has 0 atom stereocenters. The molecule has 0 bridgehead atoms. The molecular formula is C19H28ClN3O2. The van der Waals surface area contributed by atoms with Crippen molar-refractivity contribution in [1.82, 2.24) is 10.6 Å². The molecule has 3 N–H and O–H groups in total. The zero-order chi connectivity index (χ0) is 18.7. The Bertz CT molecular complexity index is 610. The number of hydrogen-bond acceptors (Lipinski definition) is 3. The van der Waals surface area contributed by atoms with Gasteiger partial charge < -0.3 is 16.0 Å². The Hall–Kier alpha value is -1.59. The minimum absolute atomic E-state index is 0.0222. The van der Waals surface area contributed by atoms with Gasteiger partial charge in [0.25, 0.3) is 0 Å². The topological polar surface area (TPSA) is 70.2 Å². The van der Waals surface area contributed by atoms with E-state index in [-0.39, 0.29) is 41.8 Å². The van der Waals surface area contributed by atoms with Gasteiger partial charge in [-0.3, -0.25) is 9.59 Å². The van der Waals surface area contributed by atoms with Gasteiger partial charge in [0.05, 0.1) is 0 Å². The quantitative estimate of drug-likeness (QED) is 0.748. The van der Waals surface area contributed by atoms with Crippen molar-refractivity contribution in [3.05, 3.63) is 29.3 Å². The Kier molecular flexibility index (Phi) is 6.12. The van der Waals surface area contributed by atoms with Crippen molar-refractivity contribution in [2.45, 2.75) is 70.5 Å². The first-order valence-electron chi connectivity index (χ1n) is 8.69.